The van der Waals surface area contributed by atoms with Crippen LogP contribution in [0.3, 0.4) is 0 Å². The molecule has 2 atom stereocenters. The number of benzene rings is 1. The second kappa shape index (κ2) is 7.41. The molecule has 9 heteroatoms. The Labute approximate surface area is 154 Å². The zero-order valence-corrected chi connectivity index (χ0v) is 14.7. The van der Waals surface area contributed by atoms with Gasteiger partial charge in [-0.05, 0) is 18.9 Å². The van der Waals surface area contributed by atoms with E-state index >= 15 is 0 Å². The maximum Gasteiger partial charge on any atom is 0.271 e. The quantitative estimate of drug-likeness (QED) is 0.480. The van der Waals surface area contributed by atoms with Gasteiger partial charge in [-0.25, -0.2) is 0 Å². The number of nitro groups is 1. The molecular weight excluding hydrogens is 362 g/mol. The van der Waals surface area contributed by atoms with Crippen LogP contribution in [0.1, 0.15) is 32.1 Å². The molecule has 1 aliphatic heterocycles. The topological polar surface area (TPSA) is 110 Å². The van der Waals surface area contributed by atoms with Gasteiger partial charge in [-0.2, -0.15) is 0 Å². The summed E-state index contributed by atoms with van der Waals surface area (Å²) in [5, 5.41) is 13.5. The molecule has 1 aromatic carbocycles. The Morgan fingerprint density at radius 3 is 2.42 bits per heavy atom. The lowest BCUT2D eigenvalue weighted by Gasteiger charge is -2.19. The van der Waals surface area contributed by atoms with Crippen LogP contribution in [-0.4, -0.2) is 34.1 Å². The number of fused-ring (bicyclic) bond motifs is 1. The molecular formula is C17H18ClN3O5. The highest BCUT2D eigenvalue weighted by Gasteiger charge is 2.47. The first-order valence-electron chi connectivity index (χ1n) is 8.47. The Kier molecular flexibility index (Phi) is 5.22. The summed E-state index contributed by atoms with van der Waals surface area (Å²) in [5.74, 6) is -1.35. The summed E-state index contributed by atoms with van der Waals surface area (Å²) in [4.78, 5) is 48.3. The van der Waals surface area contributed by atoms with E-state index < -0.39 is 10.8 Å². The Balaban J connectivity index is 1.61. The van der Waals surface area contributed by atoms with Crippen molar-refractivity contribution in [1.29, 1.82) is 0 Å². The van der Waals surface area contributed by atoms with Gasteiger partial charge < -0.3 is 5.32 Å². The van der Waals surface area contributed by atoms with Crippen molar-refractivity contribution >= 4 is 40.7 Å². The van der Waals surface area contributed by atoms with Crippen molar-refractivity contribution in [3.05, 3.63) is 33.3 Å². The number of halogens is 1. The Morgan fingerprint density at radius 2 is 1.85 bits per heavy atom. The second-order valence-corrected chi connectivity index (χ2v) is 6.95. The number of nitrogens with zero attached hydrogens (tertiary/aromatic N) is 2. The highest BCUT2D eigenvalue weighted by molar-refractivity contribution is 6.33. The fourth-order valence-corrected chi connectivity index (χ4v) is 3.76. The first-order valence-corrected chi connectivity index (χ1v) is 8.85. The molecule has 1 heterocycles. The largest absolute Gasteiger partial charge is 0.325 e. The molecule has 0 spiro atoms. The fourth-order valence-electron chi connectivity index (χ4n) is 3.60. The first-order chi connectivity index (χ1) is 12.4. The van der Waals surface area contributed by atoms with E-state index in [4.69, 9.17) is 11.6 Å². The van der Waals surface area contributed by atoms with E-state index in [1.807, 2.05) is 0 Å². The minimum absolute atomic E-state index is 0.00302. The maximum atomic E-state index is 12.4. The minimum Gasteiger partial charge on any atom is -0.325 e. The van der Waals surface area contributed by atoms with Crippen LogP contribution in [0.4, 0.5) is 11.4 Å². The van der Waals surface area contributed by atoms with Gasteiger partial charge in [-0.3, -0.25) is 29.4 Å². The number of nitro benzene ring substituents is 1. The predicted octanol–water partition coefficient (Wildman–Crippen LogP) is 2.75. The Hall–Kier alpha value is -2.48. The van der Waals surface area contributed by atoms with Crippen molar-refractivity contribution in [2.24, 2.45) is 11.8 Å². The molecule has 8 nitrogen and oxygen atoms in total. The third-order valence-electron chi connectivity index (χ3n) is 4.93. The SMILES string of the molecule is O=C(CCN1C(=O)[C@H]2CCCC[C@@H]2C1=O)Nc1cc([N+](=O)[O-])ccc1Cl. The van der Waals surface area contributed by atoms with Crippen molar-refractivity contribution < 1.29 is 19.3 Å². The van der Waals surface area contributed by atoms with Crippen molar-refractivity contribution in [2.75, 3.05) is 11.9 Å². The molecule has 1 N–H and O–H groups in total. The molecule has 1 saturated heterocycles. The normalized spacial score (nSPS) is 22.3. The van der Waals surface area contributed by atoms with Gasteiger partial charge in [-0.15, -0.1) is 0 Å². The zero-order valence-electron chi connectivity index (χ0n) is 13.9. The summed E-state index contributed by atoms with van der Waals surface area (Å²) >= 11 is 5.95. The smallest absolute Gasteiger partial charge is 0.271 e. The lowest BCUT2D eigenvalue weighted by atomic mass is 9.81. The summed E-state index contributed by atoms with van der Waals surface area (Å²) in [5.41, 5.74) is -0.0720. The molecule has 2 fully saturated rings. The lowest BCUT2D eigenvalue weighted by molar-refractivity contribution is -0.384. The Bertz CT molecular complexity index is 758. The van der Waals surface area contributed by atoms with Gasteiger partial charge in [0, 0.05) is 25.1 Å². The monoisotopic (exact) mass is 379 g/mol. The summed E-state index contributed by atoms with van der Waals surface area (Å²) in [7, 11) is 0. The molecule has 1 aromatic rings. The van der Waals surface area contributed by atoms with Crippen LogP contribution in [0, 0.1) is 22.0 Å². The number of likely N-dealkylation sites (tertiary alicyclic amines) is 1. The van der Waals surface area contributed by atoms with Gasteiger partial charge in [0.15, 0.2) is 0 Å². The van der Waals surface area contributed by atoms with Crippen LogP contribution in [0.2, 0.25) is 5.02 Å². The van der Waals surface area contributed by atoms with E-state index in [9.17, 15) is 24.5 Å². The van der Waals surface area contributed by atoms with Crippen LogP contribution in [0.15, 0.2) is 18.2 Å². The molecule has 0 bridgehead atoms. The van der Waals surface area contributed by atoms with E-state index in [0.717, 1.165) is 25.7 Å². The third-order valence-corrected chi connectivity index (χ3v) is 5.26. The minimum atomic E-state index is -0.588. The summed E-state index contributed by atoms with van der Waals surface area (Å²) in [6.07, 6.45) is 3.25. The van der Waals surface area contributed by atoms with Crippen molar-refractivity contribution in [2.45, 2.75) is 32.1 Å². The summed E-state index contributed by atoms with van der Waals surface area (Å²) < 4.78 is 0. The predicted molar refractivity (Wildman–Crippen MR) is 93.5 cm³/mol. The highest BCUT2D eigenvalue weighted by Crippen LogP contribution is 2.38. The highest BCUT2D eigenvalue weighted by atomic mass is 35.5. The van der Waals surface area contributed by atoms with Gasteiger partial charge in [0.2, 0.25) is 17.7 Å². The third kappa shape index (κ3) is 3.55. The number of anilines is 1. The molecule has 3 rings (SSSR count). The van der Waals surface area contributed by atoms with Gasteiger partial charge in [0.25, 0.3) is 5.69 Å². The number of carbonyl (C=O) groups excluding carboxylic acids is 3. The number of carbonyl (C=O) groups is 3. The Morgan fingerprint density at radius 1 is 1.23 bits per heavy atom. The van der Waals surface area contributed by atoms with Gasteiger partial charge in [-0.1, -0.05) is 24.4 Å². The second-order valence-electron chi connectivity index (χ2n) is 6.54. The number of nitrogens with one attached hydrogen (secondary N) is 1. The number of non-ortho nitro benzene ring substituents is 1. The summed E-state index contributed by atoms with van der Waals surface area (Å²) in [6, 6.07) is 3.73. The van der Waals surface area contributed by atoms with E-state index in [0.29, 0.717) is 0 Å². The lowest BCUT2D eigenvalue weighted by Crippen LogP contribution is -2.34. The van der Waals surface area contributed by atoms with E-state index in [1.165, 1.54) is 23.1 Å². The number of imide groups is 1. The zero-order chi connectivity index (χ0) is 18.8. The number of rotatable bonds is 5. The molecule has 0 unspecified atom stereocenters. The number of amides is 3. The first kappa shape index (κ1) is 18.3. The standard InChI is InChI=1S/C17H18ClN3O5/c18-13-6-5-10(21(25)26)9-14(13)19-15(22)7-8-20-16(23)11-3-1-2-4-12(11)17(20)24/h5-6,9,11-12H,1-4,7-8H2,(H,19,22)/t11-,12-/m0/s1. The van der Waals surface area contributed by atoms with E-state index in [1.54, 1.807) is 0 Å². The van der Waals surface area contributed by atoms with Crippen molar-refractivity contribution in [1.82, 2.24) is 4.90 Å². The molecule has 138 valence electrons. The maximum absolute atomic E-state index is 12.4. The average molecular weight is 380 g/mol. The summed E-state index contributed by atoms with van der Waals surface area (Å²) in [6.45, 7) is 0.00302. The van der Waals surface area contributed by atoms with Gasteiger partial charge in [0.1, 0.15) is 0 Å². The number of hydrogen-bond donors (Lipinski definition) is 1. The van der Waals surface area contributed by atoms with Crippen LogP contribution >= 0.6 is 11.6 Å². The molecule has 0 aromatic heterocycles. The van der Waals surface area contributed by atoms with Crippen molar-refractivity contribution in [3.63, 3.8) is 0 Å². The molecule has 3 amide bonds. The van der Waals surface area contributed by atoms with Crippen molar-refractivity contribution in [3.8, 4) is 0 Å². The van der Waals surface area contributed by atoms with Crippen LogP contribution in [0.25, 0.3) is 0 Å². The molecule has 1 saturated carbocycles. The van der Waals surface area contributed by atoms with E-state index in [-0.39, 0.29) is 53.0 Å². The van der Waals surface area contributed by atoms with Gasteiger partial charge in [0.05, 0.1) is 27.5 Å². The fraction of sp³-hybridized carbons (Fsp3) is 0.471. The number of hydrogen-bond acceptors (Lipinski definition) is 5. The van der Waals surface area contributed by atoms with Crippen LogP contribution in [-0.2, 0) is 14.4 Å². The van der Waals surface area contributed by atoms with Crippen LogP contribution < -0.4 is 5.32 Å². The molecule has 0 radical (unpaired) electrons. The molecule has 1 aliphatic carbocycles. The van der Waals surface area contributed by atoms with Crippen LogP contribution in [0.5, 0.6) is 0 Å². The van der Waals surface area contributed by atoms with Gasteiger partial charge >= 0.3 is 0 Å². The van der Waals surface area contributed by atoms with E-state index in [2.05, 4.69) is 5.32 Å². The molecule has 26 heavy (non-hydrogen) atoms. The molecule has 2 aliphatic rings. The average Bonchev–Trinajstić information content (AvgIpc) is 2.86.